The number of ether oxygens (including phenoxy) is 1. The van der Waals surface area contributed by atoms with Gasteiger partial charge in [0.15, 0.2) is 11.6 Å². The SMILES string of the molecule is CCN(c1nc(Cl)ncc1F)C(C)COC. The molecule has 6 heteroatoms. The molecule has 0 aliphatic rings. The molecule has 0 aromatic carbocycles. The molecule has 0 amide bonds. The van der Waals surface area contributed by atoms with E-state index in [4.69, 9.17) is 16.3 Å². The first-order chi connectivity index (χ1) is 7.60. The lowest BCUT2D eigenvalue weighted by atomic mass is 10.3. The Labute approximate surface area is 99.4 Å². The maximum absolute atomic E-state index is 13.5. The summed E-state index contributed by atoms with van der Waals surface area (Å²) in [6, 6.07) is 0.0236. The highest BCUT2D eigenvalue weighted by Crippen LogP contribution is 2.19. The van der Waals surface area contributed by atoms with Crippen molar-refractivity contribution in [3.63, 3.8) is 0 Å². The molecule has 1 unspecified atom stereocenters. The molecule has 1 rings (SSSR count). The van der Waals surface area contributed by atoms with Gasteiger partial charge in [-0.3, -0.25) is 0 Å². The number of rotatable bonds is 5. The van der Waals surface area contributed by atoms with Gasteiger partial charge >= 0.3 is 0 Å². The molecule has 0 radical (unpaired) electrons. The number of nitrogens with zero attached hydrogens (tertiary/aromatic N) is 3. The zero-order valence-corrected chi connectivity index (χ0v) is 10.3. The van der Waals surface area contributed by atoms with E-state index < -0.39 is 5.82 Å². The van der Waals surface area contributed by atoms with Crippen LogP contribution < -0.4 is 4.90 Å². The second kappa shape index (κ2) is 5.96. The van der Waals surface area contributed by atoms with Gasteiger partial charge < -0.3 is 9.64 Å². The van der Waals surface area contributed by atoms with Crippen molar-refractivity contribution >= 4 is 17.4 Å². The van der Waals surface area contributed by atoms with Crippen molar-refractivity contribution in [2.24, 2.45) is 0 Å². The number of anilines is 1. The highest BCUT2D eigenvalue weighted by atomic mass is 35.5. The first-order valence-corrected chi connectivity index (χ1v) is 5.41. The van der Waals surface area contributed by atoms with Crippen molar-refractivity contribution in [2.45, 2.75) is 19.9 Å². The molecule has 0 spiro atoms. The Morgan fingerprint density at radius 3 is 2.88 bits per heavy atom. The summed E-state index contributed by atoms with van der Waals surface area (Å²) in [5, 5.41) is 0.0412. The fourth-order valence-corrected chi connectivity index (χ4v) is 1.67. The molecule has 0 bridgehead atoms. The van der Waals surface area contributed by atoms with E-state index in [-0.39, 0.29) is 17.1 Å². The second-order valence-corrected chi connectivity index (χ2v) is 3.74. The molecule has 1 aromatic heterocycles. The van der Waals surface area contributed by atoms with E-state index in [2.05, 4.69) is 9.97 Å². The summed E-state index contributed by atoms with van der Waals surface area (Å²) in [5.74, 6) is -0.263. The molecule has 16 heavy (non-hydrogen) atoms. The molecule has 0 fully saturated rings. The van der Waals surface area contributed by atoms with Gasteiger partial charge in [0.1, 0.15) is 0 Å². The first kappa shape index (κ1) is 13.1. The number of likely N-dealkylation sites (N-methyl/N-ethyl adjacent to an activating group) is 1. The number of hydrogen-bond acceptors (Lipinski definition) is 4. The van der Waals surface area contributed by atoms with E-state index in [1.54, 1.807) is 12.0 Å². The molecule has 90 valence electrons. The Hall–Kier alpha value is -0.940. The van der Waals surface area contributed by atoms with Crippen molar-refractivity contribution in [1.29, 1.82) is 0 Å². The van der Waals surface area contributed by atoms with Crippen LogP contribution in [0.4, 0.5) is 10.2 Å². The standard InChI is InChI=1S/C10H15ClFN3O/c1-4-15(7(2)6-16-3)9-8(12)5-13-10(11)14-9/h5,7H,4,6H2,1-3H3. The third-order valence-corrected chi connectivity index (χ3v) is 2.43. The monoisotopic (exact) mass is 247 g/mol. The van der Waals surface area contributed by atoms with Crippen LogP contribution in [0, 0.1) is 5.82 Å². The summed E-state index contributed by atoms with van der Waals surface area (Å²) in [4.78, 5) is 9.26. The minimum absolute atomic E-state index is 0.0236. The number of halogens is 2. The third-order valence-electron chi connectivity index (χ3n) is 2.25. The van der Waals surface area contributed by atoms with E-state index in [1.807, 2.05) is 13.8 Å². The number of aromatic nitrogens is 2. The molecular weight excluding hydrogens is 233 g/mol. The average molecular weight is 248 g/mol. The quantitative estimate of drug-likeness (QED) is 0.748. The average Bonchev–Trinajstić information content (AvgIpc) is 2.24. The van der Waals surface area contributed by atoms with Crippen LogP contribution in [-0.4, -0.2) is 36.3 Å². The number of methoxy groups -OCH3 is 1. The summed E-state index contributed by atoms with van der Waals surface area (Å²) in [7, 11) is 1.60. The molecule has 4 nitrogen and oxygen atoms in total. The van der Waals surface area contributed by atoms with E-state index >= 15 is 0 Å². The van der Waals surface area contributed by atoms with Gasteiger partial charge in [0.25, 0.3) is 0 Å². The van der Waals surface area contributed by atoms with Crippen LogP contribution in [0.25, 0.3) is 0 Å². The van der Waals surface area contributed by atoms with Gasteiger partial charge in [-0.15, -0.1) is 0 Å². The Morgan fingerprint density at radius 2 is 2.31 bits per heavy atom. The minimum atomic E-state index is -0.478. The van der Waals surface area contributed by atoms with Crippen LogP contribution in [0.1, 0.15) is 13.8 Å². The summed E-state index contributed by atoms with van der Waals surface area (Å²) in [5.41, 5.74) is 0. The van der Waals surface area contributed by atoms with Gasteiger partial charge in [-0.1, -0.05) is 0 Å². The fraction of sp³-hybridized carbons (Fsp3) is 0.600. The maximum Gasteiger partial charge on any atom is 0.224 e. The molecule has 0 N–H and O–H groups in total. The van der Waals surface area contributed by atoms with Gasteiger partial charge in [-0.25, -0.2) is 9.37 Å². The first-order valence-electron chi connectivity index (χ1n) is 5.03. The predicted octanol–water partition coefficient (Wildman–Crippen LogP) is 2.13. The molecule has 0 saturated heterocycles. The van der Waals surface area contributed by atoms with Crippen molar-refractivity contribution < 1.29 is 9.13 Å². The van der Waals surface area contributed by atoms with Crippen LogP contribution in [0.2, 0.25) is 5.28 Å². The molecule has 1 atom stereocenters. The van der Waals surface area contributed by atoms with E-state index in [9.17, 15) is 4.39 Å². The Bertz CT molecular complexity index is 351. The van der Waals surface area contributed by atoms with Crippen LogP contribution in [0.15, 0.2) is 6.20 Å². The Balaban J connectivity index is 2.98. The van der Waals surface area contributed by atoms with E-state index in [0.717, 1.165) is 6.20 Å². The zero-order valence-electron chi connectivity index (χ0n) is 9.57. The lowest BCUT2D eigenvalue weighted by Crippen LogP contribution is -2.37. The van der Waals surface area contributed by atoms with Gasteiger partial charge in [0.2, 0.25) is 5.28 Å². The van der Waals surface area contributed by atoms with Gasteiger partial charge in [-0.2, -0.15) is 4.98 Å². The zero-order chi connectivity index (χ0) is 12.1. The minimum Gasteiger partial charge on any atom is -0.383 e. The summed E-state index contributed by atoms with van der Waals surface area (Å²) >= 11 is 5.65. The second-order valence-electron chi connectivity index (χ2n) is 3.40. The number of hydrogen-bond donors (Lipinski definition) is 0. The van der Waals surface area contributed by atoms with Gasteiger partial charge in [0.05, 0.1) is 18.8 Å². The Morgan fingerprint density at radius 1 is 1.62 bits per heavy atom. The topological polar surface area (TPSA) is 38.2 Å². The van der Waals surface area contributed by atoms with Crippen molar-refractivity contribution in [1.82, 2.24) is 9.97 Å². The van der Waals surface area contributed by atoms with Crippen molar-refractivity contribution in [2.75, 3.05) is 25.2 Å². The molecule has 1 heterocycles. The largest absolute Gasteiger partial charge is 0.383 e. The van der Waals surface area contributed by atoms with Crippen LogP contribution in [0.5, 0.6) is 0 Å². The maximum atomic E-state index is 13.5. The van der Waals surface area contributed by atoms with Crippen molar-refractivity contribution in [3.05, 3.63) is 17.3 Å². The van der Waals surface area contributed by atoms with Crippen LogP contribution >= 0.6 is 11.6 Å². The lowest BCUT2D eigenvalue weighted by molar-refractivity contribution is 0.181. The van der Waals surface area contributed by atoms with Crippen LogP contribution in [-0.2, 0) is 4.74 Å². The van der Waals surface area contributed by atoms with E-state index in [0.29, 0.717) is 13.2 Å². The molecular formula is C10H15ClFN3O. The lowest BCUT2D eigenvalue weighted by Gasteiger charge is -2.28. The van der Waals surface area contributed by atoms with Gasteiger partial charge in [0, 0.05) is 13.7 Å². The molecule has 1 aromatic rings. The smallest absolute Gasteiger partial charge is 0.224 e. The molecule has 0 saturated carbocycles. The molecule has 0 aliphatic heterocycles. The highest BCUT2D eigenvalue weighted by molar-refractivity contribution is 6.28. The summed E-state index contributed by atoms with van der Waals surface area (Å²) in [6.45, 7) is 4.97. The van der Waals surface area contributed by atoms with E-state index in [1.165, 1.54) is 0 Å². The summed E-state index contributed by atoms with van der Waals surface area (Å²) in [6.07, 6.45) is 1.08. The Kier molecular flexibility index (Phi) is 4.89. The van der Waals surface area contributed by atoms with Crippen molar-refractivity contribution in [3.8, 4) is 0 Å². The third kappa shape index (κ3) is 3.02. The normalized spacial score (nSPS) is 12.6. The highest BCUT2D eigenvalue weighted by Gasteiger charge is 2.18. The fourth-order valence-electron chi connectivity index (χ4n) is 1.54. The summed E-state index contributed by atoms with van der Waals surface area (Å²) < 4.78 is 18.6. The van der Waals surface area contributed by atoms with Crippen LogP contribution in [0.3, 0.4) is 0 Å². The predicted molar refractivity (Wildman–Crippen MR) is 61.4 cm³/mol. The van der Waals surface area contributed by atoms with Gasteiger partial charge in [-0.05, 0) is 25.4 Å². The molecule has 0 aliphatic carbocycles.